The number of benzene rings is 2. The van der Waals surface area contributed by atoms with Crippen LogP contribution in [0.2, 0.25) is 0 Å². The Morgan fingerprint density at radius 3 is 2.59 bits per heavy atom. The van der Waals surface area contributed by atoms with Gasteiger partial charge in [0.25, 0.3) is 5.22 Å². The minimum Gasteiger partial charge on any atom is -0.457 e. The van der Waals surface area contributed by atoms with Crippen molar-refractivity contribution >= 4 is 23.4 Å². The Bertz CT molecular complexity index is 1090. The summed E-state index contributed by atoms with van der Waals surface area (Å²) in [6.07, 6.45) is 3.30. The van der Waals surface area contributed by atoms with Crippen LogP contribution in [0, 0.1) is 0 Å². The number of rotatable bonds is 7. The predicted molar refractivity (Wildman–Crippen MR) is 110 cm³/mol. The Morgan fingerprint density at radius 2 is 1.76 bits per heavy atom. The molecule has 4 rings (SSSR count). The van der Waals surface area contributed by atoms with E-state index < -0.39 is 0 Å². The van der Waals surface area contributed by atoms with Gasteiger partial charge in [0.2, 0.25) is 11.8 Å². The van der Waals surface area contributed by atoms with E-state index in [1.807, 2.05) is 42.5 Å². The molecule has 0 unspecified atom stereocenters. The second-order valence-electron chi connectivity index (χ2n) is 5.89. The van der Waals surface area contributed by atoms with Crippen LogP contribution in [0.25, 0.3) is 11.5 Å². The van der Waals surface area contributed by atoms with Gasteiger partial charge in [0.15, 0.2) is 0 Å². The monoisotopic (exact) mass is 404 g/mol. The molecular formula is C21H16N4O3S. The zero-order chi connectivity index (χ0) is 19.9. The SMILES string of the molecule is O=C(CSc1nnc(-c2ccncc2)o1)Nc1cccc(Oc2ccccc2)c1. The number of hydrogen-bond donors (Lipinski definition) is 1. The van der Waals surface area contributed by atoms with Gasteiger partial charge in [-0.2, -0.15) is 0 Å². The molecule has 2 aromatic heterocycles. The highest BCUT2D eigenvalue weighted by atomic mass is 32.2. The third-order valence-corrected chi connectivity index (χ3v) is 4.58. The quantitative estimate of drug-likeness (QED) is 0.448. The van der Waals surface area contributed by atoms with Gasteiger partial charge in [0.05, 0.1) is 5.75 Å². The molecule has 144 valence electrons. The summed E-state index contributed by atoms with van der Waals surface area (Å²) in [6.45, 7) is 0. The van der Waals surface area contributed by atoms with E-state index in [1.54, 1.807) is 36.7 Å². The molecule has 8 heteroatoms. The number of amides is 1. The van der Waals surface area contributed by atoms with Crippen LogP contribution in [0.15, 0.2) is 88.8 Å². The van der Waals surface area contributed by atoms with Crippen LogP contribution in [0.3, 0.4) is 0 Å². The van der Waals surface area contributed by atoms with Crippen LogP contribution in [-0.2, 0) is 4.79 Å². The molecule has 2 aromatic carbocycles. The predicted octanol–water partition coefficient (Wildman–Crippen LogP) is 4.65. The second kappa shape index (κ2) is 9.03. The number of nitrogens with zero attached hydrogens (tertiary/aromatic N) is 3. The number of pyridine rings is 1. The summed E-state index contributed by atoms with van der Waals surface area (Å²) in [5, 5.41) is 11.1. The molecule has 4 aromatic rings. The highest BCUT2D eigenvalue weighted by molar-refractivity contribution is 7.99. The molecule has 1 amide bonds. The Hall–Kier alpha value is -3.65. The number of thioether (sulfide) groups is 1. The van der Waals surface area contributed by atoms with Gasteiger partial charge >= 0.3 is 0 Å². The molecule has 0 atom stereocenters. The van der Waals surface area contributed by atoms with Crippen molar-refractivity contribution in [1.29, 1.82) is 0 Å². The molecule has 0 saturated carbocycles. The van der Waals surface area contributed by atoms with Crippen LogP contribution in [-0.4, -0.2) is 26.8 Å². The zero-order valence-corrected chi connectivity index (χ0v) is 16.0. The Kier molecular flexibility index (Phi) is 5.82. The number of hydrogen-bond acceptors (Lipinski definition) is 7. The first-order valence-corrected chi connectivity index (χ1v) is 9.74. The van der Waals surface area contributed by atoms with Crippen LogP contribution >= 0.6 is 11.8 Å². The van der Waals surface area contributed by atoms with Crippen molar-refractivity contribution < 1.29 is 13.9 Å². The maximum atomic E-state index is 12.3. The Balaban J connectivity index is 1.32. The smallest absolute Gasteiger partial charge is 0.277 e. The molecule has 0 aliphatic heterocycles. The van der Waals surface area contributed by atoms with Crippen molar-refractivity contribution in [3.05, 3.63) is 79.1 Å². The largest absolute Gasteiger partial charge is 0.457 e. The molecule has 0 bridgehead atoms. The Morgan fingerprint density at radius 1 is 0.966 bits per heavy atom. The second-order valence-corrected chi connectivity index (χ2v) is 6.82. The number of para-hydroxylation sites is 1. The maximum absolute atomic E-state index is 12.3. The molecule has 0 aliphatic rings. The molecular weight excluding hydrogens is 388 g/mol. The lowest BCUT2D eigenvalue weighted by molar-refractivity contribution is -0.113. The van der Waals surface area contributed by atoms with Gasteiger partial charge in [-0.3, -0.25) is 9.78 Å². The minimum atomic E-state index is -0.185. The molecule has 0 radical (unpaired) electrons. The van der Waals surface area contributed by atoms with E-state index in [2.05, 4.69) is 20.5 Å². The van der Waals surface area contributed by atoms with E-state index in [9.17, 15) is 4.79 Å². The third-order valence-electron chi connectivity index (χ3n) is 3.76. The van der Waals surface area contributed by atoms with Crippen LogP contribution in [0.1, 0.15) is 0 Å². The summed E-state index contributed by atoms with van der Waals surface area (Å²) < 4.78 is 11.3. The van der Waals surface area contributed by atoms with Crippen LogP contribution in [0.5, 0.6) is 11.5 Å². The summed E-state index contributed by atoms with van der Waals surface area (Å²) >= 11 is 1.17. The molecule has 0 fully saturated rings. The highest BCUT2D eigenvalue weighted by Gasteiger charge is 2.11. The number of carbonyl (C=O) groups excluding carboxylic acids is 1. The average molecular weight is 404 g/mol. The fourth-order valence-electron chi connectivity index (χ4n) is 2.47. The van der Waals surface area contributed by atoms with Gasteiger partial charge < -0.3 is 14.5 Å². The summed E-state index contributed by atoms with van der Waals surface area (Å²) in [5.74, 6) is 1.71. The molecule has 0 saturated heterocycles. The first-order chi connectivity index (χ1) is 14.3. The lowest BCUT2D eigenvalue weighted by Crippen LogP contribution is -2.13. The van der Waals surface area contributed by atoms with Gasteiger partial charge in [0.1, 0.15) is 11.5 Å². The molecule has 0 aliphatic carbocycles. The van der Waals surface area contributed by atoms with Crippen molar-refractivity contribution in [3.8, 4) is 23.0 Å². The van der Waals surface area contributed by atoms with E-state index in [0.717, 1.165) is 11.3 Å². The van der Waals surface area contributed by atoms with Crippen molar-refractivity contribution in [1.82, 2.24) is 15.2 Å². The first kappa shape index (κ1) is 18.7. The lowest BCUT2D eigenvalue weighted by Gasteiger charge is -2.08. The number of carbonyl (C=O) groups is 1. The van der Waals surface area contributed by atoms with Gasteiger partial charge in [-0.15, -0.1) is 10.2 Å². The Labute approximate surface area is 171 Å². The number of aromatic nitrogens is 3. The minimum absolute atomic E-state index is 0.141. The standard InChI is InChI=1S/C21H16N4O3S/c26-19(14-29-21-25-24-20(28-21)15-9-11-22-12-10-15)23-16-5-4-8-18(13-16)27-17-6-2-1-3-7-17/h1-13H,14H2,(H,23,26). The highest BCUT2D eigenvalue weighted by Crippen LogP contribution is 2.25. The van der Waals surface area contributed by atoms with Gasteiger partial charge in [-0.05, 0) is 36.4 Å². The average Bonchev–Trinajstić information content (AvgIpc) is 3.23. The van der Waals surface area contributed by atoms with Crippen LogP contribution in [0.4, 0.5) is 5.69 Å². The summed E-state index contributed by atoms with van der Waals surface area (Å²) in [4.78, 5) is 16.2. The maximum Gasteiger partial charge on any atom is 0.277 e. The van der Waals surface area contributed by atoms with E-state index in [4.69, 9.17) is 9.15 Å². The van der Waals surface area contributed by atoms with Crippen molar-refractivity contribution in [3.63, 3.8) is 0 Å². The summed E-state index contributed by atoms with van der Waals surface area (Å²) in [5.41, 5.74) is 1.42. The fourth-order valence-corrected chi connectivity index (χ4v) is 3.03. The molecule has 0 spiro atoms. The first-order valence-electron chi connectivity index (χ1n) is 8.76. The van der Waals surface area contributed by atoms with E-state index >= 15 is 0 Å². The third kappa shape index (κ3) is 5.20. The van der Waals surface area contributed by atoms with Crippen LogP contribution < -0.4 is 10.1 Å². The number of nitrogens with one attached hydrogen (secondary N) is 1. The lowest BCUT2D eigenvalue weighted by atomic mass is 10.3. The van der Waals surface area contributed by atoms with Gasteiger partial charge in [-0.1, -0.05) is 36.0 Å². The molecule has 2 heterocycles. The van der Waals surface area contributed by atoms with Gasteiger partial charge in [-0.25, -0.2) is 0 Å². The molecule has 29 heavy (non-hydrogen) atoms. The number of anilines is 1. The zero-order valence-electron chi connectivity index (χ0n) is 15.2. The van der Waals surface area contributed by atoms with E-state index in [1.165, 1.54) is 11.8 Å². The number of ether oxygens (including phenoxy) is 1. The van der Waals surface area contributed by atoms with E-state index in [0.29, 0.717) is 22.6 Å². The van der Waals surface area contributed by atoms with Crippen molar-refractivity contribution in [2.75, 3.05) is 11.1 Å². The van der Waals surface area contributed by atoms with E-state index in [-0.39, 0.29) is 11.7 Å². The summed E-state index contributed by atoms with van der Waals surface area (Å²) in [6, 6.07) is 20.2. The normalized spacial score (nSPS) is 10.5. The molecule has 1 N–H and O–H groups in total. The summed E-state index contributed by atoms with van der Waals surface area (Å²) in [7, 11) is 0. The van der Waals surface area contributed by atoms with Crippen molar-refractivity contribution in [2.24, 2.45) is 0 Å². The van der Waals surface area contributed by atoms with Crippen molar-refractivity contribution in [2.45, 2.75) is 5.22 Å². The van der Waals surface area contributed by atoms with Gasteiger partial charge in [0, 0.05) is 29.7 Å². The fraction of sp³-hybridized carbons (Fsp3) is 0.0476. The topological polar surface area (TPSA) is 90.1 Å². The molecule has 7 nitrogen and oxygen atoms in total.